The summed E-state index contributed by atoms with van der Waals surface area (Å²) in [6.45, 7) is 7.71. The smallest absolute Gasteiger partial charge is 0.238 e. The van der Waals surface area contributed by atoms with E-state index in [1.54, 1.807) is 12.1 Å². The van der Waals surface area contributed by atoms with E-state index in [1.807, 2.05) is 32.0 Å². The van der Waals surface area contributed by atoms with Crippen LogP contribution < -0.4 is 10.2 Å². The lowest BCUT2D eigenvalue weighted by Gasteiger charge is -2.35. The van der Waals surface area contributed by atoms with Crippen molar-refractivity contribution >= 4 is 17.3 Å². The molecule has 1 fully saturated rings. The molecule has 0 unspecified atom stereocenters. The summed E-state index contributed by atoms with van der Waals surface area (Å²) < 4.78 is 13.0. The first-order chi connectivity index (χ1) is 12.0. The maximum absolute atomic E-state index is 13.0. The van der Waals surface area contributed by atoms with Gasteiger partial charge in [-0.15, -0.1) is 0 Å². The molecule has 0 aromatic heterocycles. The zero-order valence-corrected chi connectivity index (χ0v) is 14.8. The summed E-state index contributed by atoms with van der Waals surface area (Å²) in [5, 5.41) is 3.04. The maximum atomic E-state index is 13.0. The number of amides is 1. The molecule has 1 aliphatic heterocycles. The zero-order valence-electron chi connectivity index (χ0n) is 14.8. The second-order valence-electron chi connectivity index (χ2n) is 6.55. The van der Waals surface area contributed by atoms with Gasteiger partial charge in [0.2, 0.25) is 5.91 Å². The third-order valence-electron chi connectivity index (χ3n) is 4.68. The summed E-state index contributed by atoms with van der Waals surface area (Å²) in [5.74, 6) is -0.196. The number of piperazine rings is 1. The number of halogens is 1. The van der Waals surface area contributed by atoms with Crippen LogP contribution in [0.4, 0.5) is 15.8 Å². The molecule has 0 radical (unpaired) electrons. The monoisotopic (exact) mass is 341 g/mol. The fourth-order valence-electron chi connectivity index (χ4n) is 3.21. The van der Waals surface area contributed by atoms with Gasteiger partial charge in [-0.3, -0.25) is 9.69 Å². The van der Waals surface area contributed by atoms with Crippen molar-refractivity contribution in [1.82, 2.24) is 4.90 Å². The van der Waals surface area contributed by atoms with E-state index in [1.165, 1.54) is 12.1 Å². The number of para-hydroxylation sites is 1. The van der Waals surface area contributed by atoms with Crippen LogP contribution in [0.2, 0.25) is 0 Å². The summed E-state index contributed by atoms with van der Waals surface area (Å²) in [5.41, 5.74) is 4.10. The third kappa shape index (κ3) is 4.37. The van der Waals surface area contributed by atoms with Crippen molar-refractivity contribution in [1.29, 1.82) is 0 Å². The number of nitrogens with zero attached hydrogens (tertiary/aromatic N) is 2. The molecule has 4 nitrogen and oxygen atoms in total. The Kier molecular flexibility index (Phi) is 5.34. The van der Waals surface area contributed by atoms with E-state index in [4.69, 9.17) is 0 Å². The van der Waals surface area contributed by atoms with Crippen molar-refractivity contribution in [2.75, 3.05) is 42.9 Å². The molecule has 2 aromatic rings. The predicted molar refractivity (Wildman–Crippen MR) is 99.6 cm³/mol. The number of hydrogen-bond acceptors (Lipinski definition) is 3. The minimum atomic E-state index is -0.217. The van der Waals surface area contributed by atoms with E-state index < -0.39 is 0 Å². The van der Waals surface area contributed by atoms with Crippen molar-refractivity contribution < 1.29 is 9.18 Å². The van der Waals surface area contributed by atoms with Gasteiger partial charge in [0.25, 0.3) is 0 Å². The minimum absolute atomic E-state index is 0.0210. The quantitative estimate of drug-likeness (QED) is 0.928. The average Bonchev–Trinajstić information content (AvgIpc) is 2.60. The highest BCUT2D eigenvalue weighted by Crippen LogP contribution is 2.20. The number of hydrogen-bond donors (Lipinski definition) is 1. The number of aryl methyl sites for hydroxylation is 2. The Morgan fingerprint density at radius 1 is 1.00 bits per heavy atom. The topological polar surface area (TPSA) is 35.6 Å². The van der Waals surface area contributed by atoms with Crippen molar-refractivity contribution in [2.45, 2.75) is 13.8 Å². The van der Waals surface area contributed by atoms with Gasteiger partial charge < -0.3 is 10.2 Å². The van der Waals surface area contributed by atoms with Crippen molar-refractivity contribution in [3.05, 3.63) is 59.4 Å². The van der Waals surface area contributed by atoms with Gasteiger partial charge >= 0.3 is 0 Å². The Balaban J connectivity index is 1.52. The summed E-state index contributed by atoms with van der Waals surface area (Å²) in [4.78, 5) is 16.7. The van der Waals surface area contributed by atoms with Crippen molar-refractivity contribution in [2.24, 2.45) is 0 Å². The SMILES string of the molecule is Cc1cccc(C)c1NC(=O)CN1CCN(c2ccc(F)cc2)CC1. The molecule has 132 valence electrons. The Bertz CT molecular complexity index is 717. The van der Waals surface area contributed by atoms with Crippen LogP contribution in [0.5, 0.6) is 0 Å². The molecule has 1 N–H and O–H groups in total. The lowest BCUT2D eigenvalue weighted by atomic mass is 10.1. The van der Waals surface area contributed by atoms with E-state index in [9.17, 15) is 9.18 Å². The van der Waals surface area contributed by atoms with Gasteiger partial charge in [0.05, 0.1) is 6.54 Å². The van der Waals surface area contributed by atoms with E-state index in [0.29, 0.717) is 6.54 Å². The Morgan fingerprint density at radius 2 is 1.60 bits per heavy atom. The van der Waals surface area contributed by atoms with Crippen molar-refractivity contribution in [3.63, 3.8) is 0 Å². The van der Waals surface area contributed by atoms with Gasteiger partial charge in [-0.05, 0) is 49.2 Å². The fourth-order valence-corrected chi connectivity index (χ4v) is 3.21. The van der Waals surface area contributed by atoms with E-state index in [2.05, 4.69) is 15.1 Å². The van der Waals surface area contributed by atoms with Gasteiger partial charge in [0.15, 0.2) is 0 Å². The summed E-state index contributed by atoms with van der Waals surface area (Å²) in [6.07, 6.45) is 0. The largest absolute Gasteiger partial charge is 0.369 e. The summed E-state index contributed by atoms with van der Waals surface area (Å²) in [7, 11) is 0. The third-order valence-corrected chi connectivity index (χ3v) is 4.68. The molecule has 0 bridgehead atoms. The average molecular weight is 341 g/mol. The molecule has 1 saturated heterocycles. The first-order valence-electron chi connectivity index (χ1n) is 8.62. The Morgan fingerprint density at radius 3 is 2.20 bits per heavy atom. The van der Waals surface area contributed by atoms with Gasteiger partial charge in [-0.25, -0.2) is 4.39 Å². The molecule has 25 heavy (non-hydrogen) atoms. The highest BCUT2D eigenvalue weighted by Gasteiger charge is 2.19. The molecule has 1 heterocycles. The molecule has 1 amide bonds. The van der Waals surface area contributed by atoms with Gasteiger partial charge in [0.1, 0.15) is 5.82 Å². The standard InChI is InChI=1S/C20H24FN3O/c1-15-4-3-5-16(2)20(15)22-19(25)14-23-10-12-24(13-11-23)18-8-6-17(21)7-9-18/h3-9H,10-14H2,1-2H3,(H,22,25). The molecule has 3 rings (SSSR count). The molecule has 1 aliphatic rings. The van der Waals surface area contributed by atoms with Gasteiger partial charge in [-0.1, -0.05) is 18.2 Å². The number of nitrogens with one attached hydrogen (secondary N) is 1. The second kappa shape index (κ2) is 7.66. The first kappa shape index (κ1) is 17.4. The number of benzene rings is 2. The predicted octanol–water partition coefficient (Wildman–Crippen LogP) is 3.20. The second-order valence-corrected chi connectivity index (χ2v) is 6.55. The van der Waals surface area contributed by atoms with Crippen LogP contribution in [0.3, 0.4) is 0 Å². The maximum Gasteiger partial charge on any atom is 0.238 e. The highest BCUT2D eigenvalue weighted by molar-refractivity contribution is 5.93. The lowest BCUT2D eigenvalue weighted by Crippen LogP contribution is -2.48. The highest BCUT2D eigenvalue weighted by atomic mass is 19.1. The number of rotatable bonds is 4. The molecule has 0 aliphatic carbocycles. The molecule has 0 atom stereocenters. The Labute approximate surface area is 148 Å². The normalized spacial score (nSPS) is 15.2. The van der Waals surface area contributed by atoms with Crippen LogP contribution in [0, 0.1) is 19.7 Å². The fraction of sp³-hybridized carbons (Fsp3) is 0.350. The first-order valence-corrected chi connectivity index (χ1v) is 8.62. The van der Waals surface area contributed by atoms with Crippen LogP contribution in [0.1, 0.15) is 11.1 Å². The molecular weight excluding hydrogens is 317 g/mol. The molecule has 0 saturated carbocycles. The molecule has 0 spiro atoms. The van der Waals surface area contributed by atoms with E-state index in [0.717, 1.165) is 48.7 Å². The molecule has 5 heteroatoms. The number of anilines is 2. The van der Waals surface area contributed by atoms with Gasteiger partial charge in [-0.2, -0.15) is 0 Å². The van der Waals surface area contributed by atoms with E-state index in [-0.39, 0.29) is 11.7 Å². The summed E-state index contributed by atoms with van der Waals surface area (Å²) in [6, 6.07) is 12.6. The number of carbonyl (C=O) groups is 1. The van der Waals surface area contributed by atoms with Crippen LogP contribution in [0.25, 0.3) is 0 Å². The molecule has 2 aromatic carbocycles. The van der Waals surface area contributed by atoms with Crippen LogP contribution in [-0.2, 0) is 4.79 Å². The molecular formula is C20H24FN3O. The zero-order chi connectivity index (χ0) is 17.8. The van der Waals surface area contributed by atoms with Crippen LogP contribution in [-0.4, -0.2) is 43.5 Å². The number of carbonyl (C=O) groups excluding carboxylic acids is 1. The van der Waals surface area contributed by atoms with E-state index >= 15 is 0 Å². The van der Waals surface area contributed by atoms with Crippen LogP contribution in [0.15, 0.2) is 42.5 Å². The lowest BCUT2D eigenvalue weighted by molar-refractivity contribution is -0.117. The summed E-state index contributed by atoms with van der Waals surface area (Å²) >= 11 is 0. The minimum Gasteiger partial charge on any atom is -0.369 e. The van der Waals surface area contributed by atoms with Crippen molar-refractivity contribution in [3.8, 4) is 0 Å². The van der Waals surface area contributed by atoms with Crippen LogP contribution >= 0.6 is 0 Å². The Hall–Kier alpha value is -2.40. The van der Waals surface area contributed by atoms with Gasteiger partial charge in [0, 0.05) is 37.6 Å².